The lowest BCUT2D eigenvalue weighted by molar-refractivity contribution is 0.0947. The molecule has 0 fully saturated rings. The van der Waals surface area contributed by atoms with Crippen molar-refractivity contribution in [2.45, 2.75) is 19.8 Å². The number of amides is 1. The molecule has 0 radical (unpaired) electrons. The minimum absolute atomic E-state index is 0.230. The fraction of sp³-hybridized carbons (Fsp3) is 0.238. The second-order valence-corrected chi connectivity index (χ2v) is 6.45. The van der Waals surface area contributed by atoms with E-state index in [4.69, 9.17) is 4.74 Å². The molecule has 8 nitrogen and oxygen atoms in total. The van der Waals surface area contributed by atoms with Crippen molar-refractivity contribution in [1.82, 2.24) is 29.7 Å². The van der Waals surface area contributed by atoms with E-state index >= 15 is 0 Å². The van der Waals surface area contributed by atoms with Crippen molar-refractivity contribution in [3.8, 4) is 11.6 Å². The molecule has 0 unspecified atom stereocenters. The Balaban J connectivity index is 1.38. The summed E-state index contributed by atoms with van der Waals surface area (Å²) in [5, 5.41) is 15.7. The zero-order valence-electron chi connectivity index (χ0n) is 16.2. The summed E-state index contributed by atoms with van der Waals surface area (Å²) in [6, 6.07) is 17.1. The van der Waals surface area contributed by atoms with Crippen LogP contribution in [0.4, 0.5) is 0 Å². The highest BCUT2D eigenvalue weighted by molar-refractivity contribution is 5.92. The topological polar surface area (TPSA) is 86.3 Å². The van der Waals surface area contributed by atoms with E-state index in [0.717, 1.165) is 23.6 Å². The predicted molar refractivity (Wildman–Crippen MR) is 108 cm³/mol. The lowest BCUT2D eigenvalue weighted by atomic mass is 10.3. The van der Waals surface area contributed by atoms with Crippen LogP contribution in [0.25, 0.3) is 11.3 Å². The number of rotatable bonds is 8. The van der Waals surface area contributed by atoms with E-state index in [1.54, 1.807) is 10.7 Å². The molecule has 4 rings (SSSR count). The highest BCUT2D eigenvalue weighted by Gasteiger charge is 2.16. The molecule has 3 aromatic heterocycles. The van der Waals surface area contributed by atoms with Gasteiger partial charge in [0, 0.05) is 25.2 Å². The Kier molecular flexibility index (Phi) is 5.51. The van der Waals surface area contributed by atoms with Gasteiger partial charge in [-0.2, -0.15) is 5.10 Å². The second kappa shape index (κ2) is 8.55. The first-order chi connectivity index (χ1) is 14.3. The van der Waals surface area contributed by atoms with Crippen LogP contribution in [-0.2, 0) is 6.42 Å². The van der Waals surface area contributed by atoms with Crippen LogP contribution in [0.3, 0.4) is 0 Å². The van der Waals surface area contributed by atoms with Gasteiger partial charge in [-0.05, 0) is 37.6 Å². The van der Waals surface area contributed by atoms with Crippen LogP contribution in [0, 0.1) is 0 Å². The molecule has 4 aromatic rings. The molecular formula is C21H22N6O2. The molecule has 1 amide bonds. The highest BCUT2D eigenvalue weighted by atomic mass is 16.5. The van der Waals surface area contributed by atoms with Gasteiger partial charge in [0.25, 0.3) is 5.91 Å². The summed E-state index contributed by atoms with van der Waals surface area (Å²) in [5.41, 5.74) is 1.99. The molecule has 29 heavy (non-hydrogen) atoms. The zero-order valence-corrected chi connectivity index (χ0v) is 16.2. The number of aromatic nitrogens is 5. The molecule has 8 heteroatoms. The van der Waals surface area contributed by atoms with E-state index in [1.165, 1.54) is 0 Å². The fourth-order valence-corrected chi connectivity index (χ4v) is 3.08. The van der Waals surface area contributed by atoms with Gasteiger partial charge in [0.1, 0.15) is 5.82 Å². The molecule has 0 aliphatic heterocycles. The third kappa shape index (κ3) is 4.11. The first kappa shape index (κ1) is 18.7. The standard InChI is InChI=1S/C21H22N6O2/c1-2-29-20-15-17(25-27(20)16-9-4-3-5-10-16)21(28)22-13-8-12-19-24-23-18-11-6-7-14-26(18)19/h3-7,9-11,14-15H,2,8,12-13H2,1H3,(H,22,28). The molecule has 3 heterocycles. The Morgan fingerprint density at radius 1 is 1.10 bits per heavy atom. The number of aryl methyl sites for hydroxylation is 1. The van der Waals surface area contributed by atoms with E-state index in [1.807, 2.05) is 66.1 Å². The maximum Gasteiger partial charge on any atom is 0.271 e. The number of ether oxygens (including phenoxy) is 1. The minimum Gasteiger partial charge on any atom is -0.478 e. The van der Waals surface area contributed by atoms with Crippen molar-refractivity contribution in [1.29, 1.82) is 0 Å². The maximum atomic E-state index is 12.5. The first-order valence-electron chi connectivity index (χ1n) is 9.61. The number of hydrogen-bond donors (Lipinski definition) is 1. The smallest absolute Gasteiger partial charge is 0.271 e. The van der Waals surface area contributed by atoms with E-state index in [9.17, 15) is 4.79 Å². The number of nitrogens with zero attached hydrogens (tertiary/aromatic N) is 5. The van der Waals surface area contributed by atoms with Crippen LogP contribution in [0.15, 0.2) is 60.8 Å². The maximum absolute atomic E-state index is 12.5. The van der Waals surface area contributed by atoms with E-state index in [2.05, 4.69) is 20.6 Å². The number of benzene rings is 1. The van der Waals surface area contributed by atoms with Crippen LogP contribution in [0.1, 0.15) is 29.7 Å². The van der Waals surface area contributed by atoms with Gasteiger partial charge in [0.2, 0.25) is 5.88 Å². The number of carbonyl (C=O) groups excluding carboxylic acids is 1. The normalized spacial score (nSPS) is 10.9. The van der Waals surface area contributed by atoms with Crippen LogP contribution in [0.5, 0.6) is 5.88 Å². The number of fused-ring (bicyclic) bond motifs is 1. The third-order valence-corrected chi connectivity index (χ3v) is 4.45. The van der Waals surface area contributed by atoms with Crippen molar-refractivity contribution in [3.63, 3.8) is 0 Å². The molecule has 1 aromatic carbocycles. The Labute approximate surface area is 168 Å². The lowest BCUT2D eigenvalue weighted by Gasteiger charge is -2.06. The molecule has 0 saturated heterocycles. The van der Waals surface area contributed by atoms with Gasteiger partial charge in [-0.25, -0.2) is 4.68 Å². The molecule has 0 atom stereocenters. The summed E-state index contributed by atoms with van der Waals surface area (Å²) in [5.74, 6) is 1.19. The SMILES string of the molecule is CCOc1cc(C(=O)NCCCc2nnc3ccccn23)nn1-c1ccccc1. The summed E-state index contributed by atoms with van der Waals surface area (Å²) >= 11 is 0. The average Bonchev–Trinajstić information content (AvgIpc) is 3.37. The van der Waals surface area contributed by atoms with Gasteiger partial charge < -0.3 is 10.1 Å². The van der Waals surface area contributed by atoms with E-state index in [-0.39, 0.29) is 5.91 Å². The van der Waals surface area contributed by atoms with Crippen LogP contribution in [-0.4, -0.2) is 43.4 Å². The fourth-order valence-electron chi connectivity index (χ4n) is 3.08. The number of hydrogen-bond acceptors (Lipinski definition) is 5. The summed E-state index contributed by atoms with van der Waals surface area (Å²) in [6.07, 6.45) is 3.40. The van der Waals surface area contributed by atoms with Gasteiger partial charge in [0.15, 0.2) is 11.3 Å². The van der Waals surface area contributed by atoms with Crippen molar-refractivity contribution in [2.75, 3.05) is 13.2 Å². The van der Waals surface area contributed by atoms with Gasteiger partial charge >= 0.3 is 0 Å². The van der Waals surface area contributed by atoms with Gasteiger partial charge in [-0.3, -0.25) is 9.20 Å². The predicted octanol–water partition coefficient (Wildman–Crippen LogP) is 2.68. The second-order valence-electron chi connectivity index (χ2n) is 6.45. The van der Waals surface area contributed by atoms with Crippen molar-refractivity contribution in [2.24, 2.45) is 0 Å². The van der Waals surface area contributed by atoms with Crippen LogP contribution < -0.4 is 10.1 Å². The van der Waals surface area contributed by atoms with Gasteiger partial charge in [-0.15, -0.1) is 10.2 Å². The van der Waals surface area contributed by atoms with Crippen LogP contribution >= 0.6 is 0 Å². The quantitative estimate of drug-likeness (QED) is 0.468. The number of nitrogens with one attached hydrogen (secondary N) is 1. The molecule has 1 N–H and O–H groups in total. The number of carbonyl (C=O) groups is 1. The summed E-state index contributed by atoms with van der Waals surface area (Å²) in [4.78, 5) is 12.5. The molecule has 0 bridgehead atoms. The van der Waals surface area contributed by atoms with E-state index < -0.39 is 0 Å². The molecule has 0 aliphatic carbocycles. The molecule has 0 spiro atoms. The number of pyridine rings is 1. The molecular weight excluding hydrogens is 368 g/mol. The van der Waals surface area contributed by atoms with Crippen molar-refractivity contribution in [3.05, 3.63) is 72.3 Å². The highest BCUT2D eigenvalue weighted by Crippen LogP contribution is 2.19. The third-order valence-electron chi connectivity index (χ3n) is 4.45. The number of para-hydroxylation sites is 1. The first-order valence-corrected chi connectivity index (χ1v) is 9.61. The van der Waals surface area contributed by atoms with Gasteiger partial charge in [0.05, 0.1) is 12.3 Å². The van der Waals surface area contributed by atoms with Gasteiger partial charge in [-0.1, -0.05) is 24.3 Å². The Bertz CT molecular complexity index is 1100. The molecule has 0 aliphatic rings. The Hall–Kier alpha value is -3.68. The summed E-state index contributed by atoms with van der Waals surface area (Å²) in [6.45, 7) is 2.91. The lowest BCUT2D eigenvalue weighted by Crippen LogP contribution is -2.25. The Morgan fingerprint density at radius 3 is 2.76 bits per heavy atom. The average molecular weight is 390 g/mol. The minimum atomic E-state index is -0.230. The summed E-state index contributed by atoms with van der Waals surface area (Å²) in [7, 11) is 0. The monoisotopic (exact) mass is 390 g/mol. The zero-order chi connectivity index (χ0) is 20.1. The van der Waals surface area contributed by atoms with E-state index in [0.29, 0.717) is 31.1 Å². The largest absolute Gasteiger partial charge is 0.478 e. The summed E-state index contributed by atoms with van der Waals surface area (Å²) < 4.78 is 9.24. The Morgan fingerprint density at radius 2 is 1.93 bits per heavy atom. The van der Waals surface area contributed by atoms with Crippen LogP contribution in [0.2, 0.25) is 0 Å². The molecule has 148 valence electrons. The van der Waals surface area contributed by atoms with Crippen molar-refractivity contribution < 1.29 is 9.53 Å². The van der Waals surface area contributed by atoms with Crippen molar-refractivity contribution >= 4 is 11.6 Å². The molecule has 0 saturated carbocycles.